The number of nitro groups is 1. The maximum atomic E-state index is 12.5. The highest BCUT2D eigenvalue weighted by atomic mass is 16.6. The number of benzene rings is 2. The lowest BCUT2D eigenvalue weighted by molar-refractivity contribution is -0.383. The SMILES string of the molecule is COc1ccc(-c2nc3n(n2)[C@H](CC(=O)Nc2ccccc2[N+](=O)[O-])C(=O)N3)cc1. The molecule has 0 bridgehead atoms. The molecule has 0 aliphatic carbocycles. The van der Waals surface area contributed by atoms with E-state index in [2.05, 4.69) is 20.7 Å². The number of ether oxygens (including phenoxy) is 1. The number of carbonyl (C=O) groups excluding carboxylic acids is 2. The molecule has 1 aromatic heterocycles. The number of rotatable bonds is 6. The predicted octanol–water partition coefficient (Wildman–Crippen LogP) is 2.38. The Morgan fingerprint density at radius 2 is 2.00 bits per heavy atom. The zero-order valence-corrected chi connectivity index (χ0v) is 15.7. The number of hydrogen-bond donors (Lipinski definition) is 2. The average Bonchev–Trinajstić information content (AvgIpc) is 3.27. The number of anilines is 2. The number of carbonyl (C=O) groups is 2. The third-order valence-corrected chi connectivity index (χ3v) is 4.57. The third-order valence-electron chi connectivity index (χ3n) is 4.57. The Labute approximate surface area is 169 Å². The van der Waals surface area contributed by atoms with Gasteiger partial charge in [0, 0.05) is 11.6 Å². The summed E-state index contributed by atoms with van der Waals surface area (Å²) < 4.78 is 6.47. The van der Waals surface area contributed by atoms with E-state index >= 15 is 0 Å². The Kier molecular flexibility index (Phi) is 4.84. The van der Waals surface area contributed by atoms with Gasteiger partial charge in [0.25, 0.3) is 11.6 Å². The van der Waals surface area contributed by atoms with Crippen LogP contribution in [0.25, 0.3) is 11.4 Å². The van der Waals surface area contributed by atoms with Crippen LogP contribution >= 0.6 is 0 Å². The van der Waals surface area contributed by atoms with Crippen LogP contribution in [-0.4, -0.2) is 38.6 Å². The van der Waals surface area contributed by atoms with Gasteiger partial charge in [0.15, 0.2) is 5.82 Å². The summed E-state index contributed by atoms with van der Waals surface area (Å²) in [6, 6.07) is 12.0. The third kappa shape index (κ3) is 3.55. The summed E-state index contributed by atoms with van der Waals surface area (Å²) in [5.41, 5.74) is 0.545. The normalized spacial score (nSPS) is 14.7. The van der Waals surface area contributed by atoms with Gasteiger partial charge in [0.1, 0.15) is 17.5 Å². The molecule has 2 N–H and O–H groups in total. The van der Waals surface area contributed by atoms with E-state index in [-0.39, 0.29) is 23.7 Å². The van der Waals surface area contributed by atoms with Crippen molar-refractivity contribution >= 4 is 29.1 Å². The number of aromatic nitrogens is 3. The van der Waals surface area contributed by atoms with Crippen LogP contribution in [0, 0.1) is 10.1 Å². The number of amides is 2. The second-order valence-electron chi connectivity index (χ2n) is 6.46. The van der Waals surface area contributed by atoms with Gasteiger partial charge in [-0.25, -0.2) is 4.68 Å². The fourth-order valence-corrected chi connectivity index (χ4v) is 3.09. The topological polar surface area (TPSA) is 141 Å². The minimum atomic E-state index is -0.915. The molecule has 1 atom stereocenters. The van der Waals surface area contributed by atoms with E-state index in [1.807, 2.05) is 0 Å². The monoisotopic (exact) mass is 408 g/mol. The quantitative estimate of drug-likeness (QED) is 0.471. The summed E-state index contributed by atoms with van der Waals surface area (Å²) >= 11 is 0. The standard InChI is InChI=1S/C19H16N6O5/c1-30-12-8-6-11(7-9-12)17-21-19-22-18(27)15(24(19)23-17)10-16(26)20-13-4-2-3-5-14(13)25(28)29/h2-9,15H,10H2,1H3,(H,20,26)(H,21,22,23,27)/t15-/m1/s1. The van der Waals surface area contributed by atoms with E-state index in [0.29, 0.717) is 11.6 Å². The van der Waals surface area contributed by atoms with Gasteiger partial charge in [0.2, 0.25) is 11.9 Å². The number of fused-ring (bicyclic) bond motifs is 1. The molecule has 0 radical (unpaired) electrons. The molecule has 0 fully saturated rings. The first-order valence-corrected chi connectivity index (χ1v) is 8.91. The zero-order valence-electron chi connectivity index (χ0n) is 15.7. The lowest BCUT2D eigenvalue weighted by Gasteiger charge is -2.10. The van der Waals surface area contributed by atoms with Crippen LogP contribution in [0.1, 0.15) is 12.5 Å². The molecule has 152 valence electrons. The molecule has 0 spiro atoms. The Hall–Kier alpha value is -4.28. The molecule has 0 saturated heterocycles. The van der Waals surface area contributed by atoms with E-state index in [1.165, 1.54) is 22.9 Å². The first kappa shape index (κ1) is 19.1. The van der Waals surface area contributed by atoms with Gasteiger partial charge in [-0.2, -0.15) is 4.98 Å². The van der Waals surface area contributed by atoms with E-state index in [0.717, 1.165) is 5.56 Å². The van der Waals surface area contributed by atoms with Crippen molar-refractivity contribution in [2.24, 2.45) is 0 Å². The van der Waals surface area contributed by atoms with Crippen LogP contribution in [-0.2, 0) is 9.59 Å². The molecular formula is C19H16N6O5. The minimum absolute atomic E-state index is 0.0589. The Morgan fingerprint density at radius 3 is 2.70 bits per heavy atom. The predicted molar refractivity (Wildman–Crippen MR) is 106 cm³/mol. The number of para-hydroxylation sites is 2. The van der Waals surface area contributed by atoms with Crippen molar-refractivity contribution in [1.82, 2.24) is 14.8 Å². The lowest BCUT2D eigenvalue weighted by Crippen LogP contribution is -2.24. The van der Waals surface area contributed by atoms with Gasteiger partial charge >= 0.3 is 0 Å². The number of nitro benzene ring substituents is 1. The molecule has 2 heterocycles. The van der Waals surface area contributed by atoms with Crippen LogP contribution in [0.2, 0.25) is 0 Å². The molecule has 0 saturated carbocycles. The van der Waals surface area contributed by atoms with Crippen molar-refractivity contribution in [2.75, 3.05) is 17.7 Å². The van der Waals surface area contributed by atoms with E-state index in [4.69, 9.17) is 4.74 Å². The maximum absolute atomic E-state index is 12.5. The Balaban J connectivity index is 1.52. The van der Waals surface area contributed by atoms with Gasteiger partial charge in [-0.05, 0) is 30.3 Å². The minimum Gasteiger partial charge on any atom is -0.497 e. The van der Waals surface area contributed by atoms with Crippen molar-refractivity contribution in [3.05, 3.63) is 58.6 Å². The Bertz CT molecular complexity index is 1140. The molecule has 2 aromatic carbocycles. The summed E-state index contributed by atoms with van der Waals surface area (Å²) in [4.78, 5) is 39.5. The highest BCUT2D eigenvalue weighted by molar-refractivity contribution is 6.01. The van der Waals surface area contributed by atoms with Crippen LogP contribution in [0.15, 0.2) is 48.5 Å². The number of nitrogens with one attached hydrogen (secondary N) is 2. The van der Waals surface area contributed by atoms with E-state index in [1.54, 1.807) is 37.4 Å². The van der Waals surface area contributed by atoms with Crippen molar-refractivity contribution in [3.63, 3.8) is 0 Å². The highest BCUT2D eigenvalue weighted by Gasteiger charge is 2.35. The first-order valence-electron chi connectivity index (χ1n) is 8.91. The first-order chi connectivity index (χ1) is 14.5. The molecule has 1 aliphatic heterocycles. The maximum Gasteiger partial charge on any atom is 0.292 e. The number of nitrogens with zero attached hydrogens (tertiary/aromatic N) is 4. The largest absolute Gasteiger partial charge is 0.497 e. The number of methoxy groups -OCH3 is 1. The molecule has 30 heavy (non-hydrogen) atoms. The number of hydrogen-bond acceptors (Lipinski definition) is 7. The van der Waals surface area contributed by atoms with Crippen LogP contribution in [0.3, 0.4) is 0 Å². The Morgan fingerprint density at radius 1 is 1.27 bits per heavy atom. The molecular weight excluding hydrogens is 392 g/mol. The van der Waals surface area contributed by atoms with Gasteiger partial charge in [-0.3, -0.25) is 25.0 Å². The van der Waals surface area contributed by atoms with Crippen molar-refractivity contribution < 1.29 is 19.2 Å². The summed E-state index contributed by atoms with van der Waals surface area (Å²) in [5.74, 6) is 0.317. The van der Waals surface area contributed by atoms with Crippen LogP contribution < -0.4 is 15.4 Å². The smallest absolute Gasteiger partial charge is 0.292 e. The highest BCUT2D eigenvalue weighted by Crippen LogP contribution is 2.30. The summed E-state index contributed by atoms with van der Waals surface area (Å²) in [5, 5.41) is 20.5. The molecule has 0 unspecified atom stereocenters. The molecule has 1 aliphatic rings. The van der Waals surface area contributed by atoms with Crippen molar-refractivity contribution in [2.45, 2.75) is 12.5 Å². The zero-order chi connectivity index (χ0) is 21.3. The van der Waals surface area contributed by atoms with E-state index < -0.39 is 22.8 Å². The van der Waals surface area contributed by atoms with Crippen molar-refractivity contribution in [1.29, 1.82) is 0 Å². The molecule has 3 aromatic rings. The second kappa shape index (κ2) is 7.62. The van der Waals surface area contributed by atoms with Crippen LogP contribution in [0.5, 0.6) is 5.75 Å². The fourth-order valence-electron chi connectivity index (χ4n) is 3.09. The van der Waals surface area contributed by atoms with Crippen molar-refractivity contribution in [3.8, 4) is 17.1 Å². The average molecular weight is 408 g/mol. The van der Waals surface area contributed by atoms with E-state index in [9.17, 15) is 19.7 Å². The lowest BCUT2D eigenvalue weighted by atomic mass is 10.2. The molecule has 4 rings (SSSR count). The summed E-state index contributed by atoms with van der Waals surface area (Å²) in [7, 11) is 1.56. The van der Waals surface area contributed by atoms with Gasteiger partial charge in [-0.15, -0.1) is 5.10 Å². The summed E-state index contributed by atoms with van der Waals surface area (Å²) in [6.45, 7) is 0. The van der Waals surface area contributed by atoms with Crippen LogP contribution in [0.4, 0.5) is 17.3 Å². The van der Waals surface area contributed by atoms with Gasteiger partial charge < -0.3 is 10.1 Å². The molecule has 11 nitrogen and oxygen atoms in total. The second-order valence-corrected chi connectivity index (χ2v) is 6.46. The molecule has 11 heteroatoms. The van der Waals surface area contributed by atoms with Gasteiger partial charge in [0.05, 0.1) is 18.5 Å². The molecule has 2 amide bonds. The van der Waals surface area contributed by atoms with Gasteiger partial charge in [-0.1, -0.05) is 12.1 Å². The summed E-state index contributed by atoms with van der Waals surface area (Å²) in [6.07, 6.45) is -0.254. The fraction of sp³-hybridized carbons (Fsp3) is 0.158.